The van der Waals surface area contributed by atoms with E-state index in [0.717, 1.165) is 22.4 Å². The third-order valence-corrected chi connectivity index (χ3v) is 4.51. The van der Waals surface area contributed by atoms with E-state index < -0.39 is 0 Å². The second kappa shape index (κ2) is 7.18. The van der Waals surface area contributed by atoms with E-state index in [2.05, 4.69) is 37.3 Å². The fourth-order valence-corrected chi connectivity index (χ4v) is 3.10. The molecule has 0 bridgehead atoms. The Morgan fingerprint density at radius 1 is 1.16 bits per heavy atom. The highest BCUT2D eigenvalue weighted by molar-refractivity contribution is 5.78. The van der Waals surface area contributed by atoms with Crippen LogP contribution in [-0.4, -0.2) is 31.1 Å². The summed E-state index contributed by atoms with van der Waals surface area (Å²) in [7, 11) is 1.65. The molecule has 1 aliphatic rings. The van der Waals surface area contributed by atoms with Crippen molar-refractivity contribution in [3.05, 3.63) is 47.5 Å². The molecule has 0 unspecified atom stereocenters. The highest BCUT2D eigenvalue weighted by atomic mass is 16.5. The van der Waals surface area contributed by atoms with Crippen molar-refractivity contribution in [2.24, 2.45) is 5.92 Å². The Bertz CT molecular complexity index is 765. The van der Waals surface area contributed by atoms with Gasteiger partial charge >= 0.3 is 0 Å². The molecule has 1 aliphatic heterocycles. The number of aryl methyl sites for hydroxylation is 1. The molecule has 3 rings (SSSR count). The molecule has 0 saturated heterocycles. The monoisotopic (exact) mass is 339 g/mol. The maximum absolute atomic E-state index is 12.4. The molecule has 25 heavy (non-hydrogen) atoms. The largest absolute Gasteiger partial charge is 0.493 e. The minimum atomic E-state index is -0.0243. The van der Waals surface area contributed by atoms with Crippen LogP contribution in [0.2, 0.25) is 0 Å². The van der Waals surface area contributed by atoms with Crippen molar-refractivity contribution >= 4 is 5.91 Å². The van der Waals surface area contributed by atoms with Gasteiger partial charge in [-0.2, -0.15) is 0 Å². The number of carbonyl (C=O) groups is 1. The first kappa shape index (κ1) is 17.3. The lowest BCUT2D eigenvalue weighted by Crippen LogP contribution is -2.35. The number of rotatable bonds is 3. The molecule has 0 aromatic heterocycles. The number of ether oxygens (including phenoxy) is 2. The Morgan fingerprint density at radius 3 is 2.52 bits per heavy atom. The van der Waals surface area contributed by atoms with Crippen LogP contribution in [0.25, 0.3) is 11.1 Å². The Hall–Kier alpha value is -2.49. The molecular formula is C21H25NO3. The Labute approximate surface area is 149 Å². The van der Waals surface area contributed by atoms with E-state index in [1.807, 2.05) is 24.8 Å². The Balaban J connectivity index is 2.03. The third kappa shape index (κ3) is 3.63. The maximum atomic E-state index is 12.4. The van der Waals surface area contributed by atoms with Crippen molar-refractivity contribution in [2.45, 2.75) is 27.3 Å². The van der Waals surface area contributed by atoms with Crippen LogP contribution in [-0.2, 0) is 11.3 Å². The molecule has 0 saturated carbocycles. The average molecular weight is 339 g/mol. The summed E-state index contributed by atoms with van der Waals surface area (Å²) < 4.78 is 11.5. The predicted octanol–water partition coefficient (Wildman–Crippen LogP) is 4.05. The molecule has 0 N–H and O–H groups in total. The van der Waals surface area contributed by atoms with Crippen molar-refractivity contribution in [2.75, 3.05) is 20.3 Å². The van der Waals surface area contributed by atoms with E-state index in [1.165, 1.54) is 5.56 Å². The van der Waals surface area contributed by atoms with E-state index in [4.69, 9.17) is 9.47 Å². The number of carbonyl (C=O) groups excluding carboxylic acids is 1. The number of nitrogens with zero attached hydrogens (tertiary/aromatic N) is 1. The highest BCUT2D eigenvalue weighted by Gasteiger charge is 2.24. The molecule has 132 valence electrons. The van der Waals surface area contributed by atoms with Gasteiger partial charge in [-0.15, -0.1) is 0 Å². The molecule has 1 heterocycles. The SMILES string of the molecule is COc1cc(-c2ccc(C)cc2)cc2c1OCCN(C(=O)C(C)C)C2. The molecule has 4 nitrogen and oxygen atoms in total. The van der Waals surface area contributed by atoms with Crippen LogP contribution in [0.4, 0.5) is 0 Å². The van der Waals surface area contributed by atoms with Crippen molar-refractivity contribution in [3.8, 4) is 22.6 Å². The van der Waals surface area contributed by atoms with Gasteiger partial charge in [-0.1, -0.05) is 43.7 Å². The van der Waals surface area contributed by atoms with Crippen LogP contribution in [0.5, 0.6) is 11.5 Å². The molecule has 1 amide bonds. The minimum absolute atomic E-state index is 0.0243. The van der Waals surface area contributed by atoms with E-state index in [-0.39, 0.29) is 11.8 Å². The van der Waals surface area contributed by atoms with Crippen molar-refractivity contribution < 1.29 is 14.3 Å². The van der Waals surface area contributed by atoms with Gasteiger partial charge in [0.05, 0.1) is 13.7 Å². The first-order valence-electron chi connectivity index (χ1n) is 8.69. The predicted molar refractivity (Wildman–Crippen MR) is 98.9 cm³/mol. The van der Waals surface area contributed by atoms with E-state index in [9.17, 15) is 4.79 Å². The summed E-state index contributed by atoms with van der Waals surface area (Å²) in [5.41, 5.74) is 4.40. The molecule has 0 fully saturated rings. The molecule has 0 radical (unpaired) electrons. The quantitative estimate of drug-likeness (QED) is 0.847. The second-order valence-corrected chi connectivity index (χ2v) is 6.80. The molecule has 2 aromatic rings. The van der Waals surface area contributed by atoms with Gasteiger partial charge in [-0.25, -0.2) is 0 Å². The Morgan fingerprint density at radius 2 is 1.88 bits per heavy atom. The van der Waals surface area contributed by atoms with Crippen molar-refractivity contribution in [1.82, 2.24) is 4.90 Å². The van der Waals surface area contributed by atoms with Gasteiger partial charge in [0.1, 0.15) is 6.61 Å². The number of hydrogen-bond acceptors (Lipinski definition) is 3. The smallest absolute Gasteiger partial charge is 0.225 e. The van der Waals surface area contributed by atoms with Crippen molar-refractivity contribution in [1.29, 1.82) is 0 Å². The van der Waals surface area contributed by atoms with Gasteiger partial charge in [-0.05, 0) is 30.2 Å². The standard InChI is InChI=1S/C21H25NO3/c1-14(2)21(23)22-9-10-25-20-18(13-22)11-17(12-19(20)24-4)16-7-5-15(3)6-8-16/h5-8,11-12,14H,9-10,13H2,1-4H3. The molecule has 0 atom stereocenters. The van der Waals surface area contributed by atoms with Crippen LogP contribution in [0.3, 0.4) is 0 Å². The van der Waals surface area contributed by atoms with E-state index >= 15 is 0 Å². The van der Waals surface area contributed by atoms with Gasteiger partial charge in [0.25, 0.3) is 0 Å². The van der Waals surface area contributed by atoms with Gasteiger partial charge in [0.2, 0.25) is 5.91 Å². The first-order valence-corrected chi connectivity index (χ1v) is 8.69. The van der Waals surface area contributed by atoms with Crippen LogP contribution in [0.15, 0.2) is 36.4 Å². The zero-order valence-electron chi connectivity index (χ0n) is 15.3. The summed E-state index contributed by atoms with van der Waals surface area (Å²) in [6, 6.07) is 12.5. The van der Waals surface area contributed by atoms with Gasteiger partial charge in [0.15, 0.2) is 11.5 Å². The zero-order valence-corrected chi connectivity index (χ0v) is 15.3. The summed E-state index contributed by atoms with van der Waals surface area (Å²) in [4.78, 5) is 14.3. The highest BCUT2D eigenvalue weighted by Crippen LogP contribution is 2.38. The second-order valence-electron chi connectivity index (χ2n) is 6.80. The lowest BCUT2D eigenvalue weighted by Gasteiger charge is -2.22. The van der Waals surface area contributed by atoms with Gasteiger partial charge in [0, 0.05) is 18.0 Å². The topological polar surface area (TPSA) is 38.8 Å². The molecule has 2 aromatic carbocycles. The molecule has 4 heteroatoms. The fraction of sp³-hybridized carbons (Fsp3) is 0.381. The summed E-state index contributed by atoms with van der Waals surface area (Å²) >= 11 is 0. The lowest BCUT2D eigenvalue weighted by atomic mass is 10.00. The molecule has 0 aliphatic carbocycles. The Kier molecular flexibility index (Phi) is 4.98. The number of amides is 1. The summed E-state index contributed by atoms with van der Waals surface area (Å²) in [5, 5.41) is 0. The van der Waals surface area contributed by atoms with Crippen LogP contribution < -0.4 is 9.47 Å². The number of hydrogen-bond donors (Lipinski definition) is 0. The average Bonchev–Trinajstić information content (AvgIpc) is 2.83. The van der Waals surface area contributed by atoms with E-state index in [0.29, 0.717) is 25.4 Å². The van der Waals surface area contributed by atoms with Gasteiger partial charge < -0.3 is 14.4 Å². The minimum Gasteiger partial charge on any atom is -0.493 e. The first-order chi connectivity index (χ1) is 12.0. The van der Waals surface area contributed by atoms with Gasteiger partial charge in [-0.3, -0.25) is 4.79 Å². The normalized spacial score (nSPS) is 13.9. The third-order valence-electron chi connectivity index (χ3n) is 4.51. The summed E-state index contributed by atoms with van der Waals surface area (Å²) in [6.07, 6.45) is 0. The molecule has 0 spiro atoms. The van der Waals surface area contributed by atoms with Crippen molar-refractivity contribution in [3.63, 3.8) is 0 Å². The zero-order chi connectivity index (χ0) is 18.0. The summed E-state index contributed by atoms with van der Waals surface area (Å²) in [5.74, 6) is 1.59. The number of fused-ring (bicyclic) bond motifs is 1. The fourth-order valence-electron chi connectivity index (χ4n) is 3.10. The number of methoxy groups -OCH3 is 1. The van der Waals surface area contributed by atoms with E-state index in [1.54, 1.807) is 7.11 Å². The van der Waals surface area contributed by atoms with Crippen LogP contribution >= 0.6 is 0 Å². The maximum Gasteiger partial charge on any atom is 0.225 e. The van der Waals surface area contributed by atoms with Crippen LogP contribution in [0, 0.1) is 12.8 Å². The van der Waals surface area contributed by atoms with Crippen LogP contribution in [0.1, 0.15) is 25.0 Å². The number of benzene rings is 2. The lowest BCUT2D eigenvalue weighted by molar-refractivity contribution is -0.135. The summed E-state index contributed by atoms with van der Waals surface area (Å²) in [6.45, 7) is 7.55. The molecular weight excluding hydrogens is 314 g/mol.